The molecule has 0 radical (unpaired) electrons. The third kappa shape index (κ3) is 3.19. The first-order chi connectivity index (χ1) is 13.5. The van der Waals surface area contributed by atoms with E-state index >= 15 is 0 Å². The van der Waals surface area contributed by atoms with Gasteiger partial charge in [0.15, 0.2) is 5.65 Å². The first-order valence-corrected chi connectivity index (χ1v) is 10.1. The Morgan fingerprint density at radius 3 is 2.64 bits per heavy atom. The molecular weight excluding hydrogens is 350 g/mol. The minimum Gasteiger partial charge on any atom is -0.497 e. The summed E-state index contributed by atoms with van der Waals surface area (Å²) >= 11 is 0. The number of hydrogen-bond acceptors (Lipinski definition) is 4. The summed E-state index contributed by atoms with van der Waals surface area (Å²) in [6.07, 6.45) is 6.23. The topological polar surface area (TPSA) is 57.0 Å². The summed E-state index contributed by atoms with van der Waals surface area (Å²) < 4.78 is 7.28. The summed E-state index contributed by atoms with van der Waals surface area (Å²) in [5, 5.41) is 0. The molecule has 28 heavy (non-hydrogen) atoms. The second kappa shape index (κ2) is 7.38. The Morgan fingerprint density at radius 2 is 2.00 bits per heavy atom. The van der Waals surface area contributed by atoms with Crippen LogP contribution in [0, 0.1) is 19.8 Å². The van der Waals surface area contributed by atoms with E-state index in [2.05, 4.69) is 24.9 Å². The van der Waals surface area contributed by atoms with E-state index in [-0.39, 0.29) is 11.6 Å². The molecule has 1 saturated carbocycles. The van der Waals surface area contributed by atoms with Crippen molar-refractivity contribution in [2.75, 3.05) is 7.11 Å². The highest BCUT2D eigenvalue weighted by Crippen LogP contribution is 2.42. The number of hydrogen-bond donors (Lipinski definition) is 0. The molecule has 0 saturated heterocycles. The fourth-order valence-electron chi connectivity index (χ4n) is 4.16. The largest absolute Gasteiger partial charge is 0.497 e. The molecule has 3 aromatic rings. The lowest BCUT2D eigenvalue weighted by atomic mass is 9.99. The van der Waals surface area contributed by atoms with Crippen molar-refractivity contribution in [2.24, 2.45) is 5.92 Å². The van der Waals surface area contributed by atoms with Gasteiger partial charge in [0, 0.05) is 17.8 Å². The zero-order valence-electron chi connectivity index (χ0n) is 17.0. The van der Waals surface area contributed by atoms with Crippen molar-refractivity contribution in [3.63, 3.8) is 0 Å². The number of pyridine rings is 1. The fraction of sp³-hybridized carbons (Fsp3) is 0.435. The van der Waals surface area contributed by atoms with Crippen molar-refractivity contribution >= 4 is 11.2 Å². The Hall–Kier alpha value is -2.69. The van der Waals surface area contributed by atoms with E-state index in [9.17, 15) is 4.79 Å². The Labute approximate surface area is 165 Å². The Balaban J connectivity index is 1.97. The van der Waals surface area contributed by atoms with Crippen molar-refractivity contribution in [2.45, 2.75) is 52.5 Å². The van der Waals surface area contributed by atoms with Gasteiger partial charge in [0.25, 0.3) is 5.56 Å². The van der Waals surface area contributed by atoms with Crippen LogP contribution < -0.4 is 10.3 Å². The van der Waals surface area contributed by atoms with Crippen molar-refractivity contribution in [3.05, 3.63) is 52.1 Å². The van der Waals surface area contributed by atoms with Crippen LogP contribution in [-0.2, 0) is 0 Å². The fourth-order valence-corrected chi connectivity index (χ4v) is 4.16. The Morgan fingerprint density at radius 1 is 1.21 bits per heavy atom. The quantitative estimate of drug-likeness (QED) is 0.617. The molecule has 146 valence electrons. The molecule has 0 aliphatic heterocycles. The van der Waals surface area contributed by atoms with Gasteiger partial charge >= 0.3 is 0 Å². The summed E-state index contributed by atoms with van der Waals surface area (Å²) in [4.78, 5) is 22.4. The molecule has 0 unspecified atom stereocenters. The normalized spacial score (nSPS) is 15.0. The second-order valence-corrected chi connectivity index (χ2v) is 7.78. The molecule has 1 atom stereocenters. The molecule has 1 fully saturated rings. The first-order valence-electron chi connectivity index (χ1n) is 10.1. The van der Waals surface area contributed by atoms with E-state index in [0.717, 1.165) is 40.8 Å². The van der Waals surface area contributed by atoms with Gasteiger partial charge < -0.3 is 4.74 Å². The molecule has 5 heteroatoms. The number of nitrogens with zero attached hydrogens (tertiary/aromatic N) is 3. The summed E-state index contributed by atoms with van der Waals surface area (Å²) in [5.41, 5.74) is 5.24. The number of aryl methyl sites for hydroxylation is 2. The molecule has 2 heterocycles. The van der Waals surface area contributed by atoms with Crippen LogP contribution in [0.3, 0.4) is 0 Å². The lowest BCUT2D eigenvalue weighted by Gasteiger charge is -2.22. The summed E-state index contributed by atoms with van der Waals surface area (Å²) in [7, 11) is 1.67. The van der Waals surface area contributed by atoms with E-state index in [1.165, 1.54) is 12.8 Å². The van der Waals surface area contributed by atoms with Crippen LogP contribution in [0.2, 0.25) is 0 Å². The maximum absolute atomic E-state index is 13.1. The molecule has 1 aliphatic carbocycles. The lowest BCUT2D eigenvalue weighted by molar-refractivity contribution is 0.408. The van der Waals surface area contributed by atoms with E-state index in [1.54, 1.807) is 13.3 Å². The van der Waals surface area contributed by atoms with Crippen LogP contribution in [-0.4, -0.2) is 21.6 Å². The van der Waals surface area contributed by atoms with Crippen LogP contribution in [0.15, 0.2) is 35.3 Å². The first kappa shape index (κ1) is 18.7. The third-order valence-electron chi connectivity index (χ3n) is 5.75. The third-order valence-corrected chi connectivity index (χ3v) is 5.75. The minimum atomic E-state index is -0.00560. The van der Waals surface area contributed by atoms with Gasteiger partial charge in [-0.05, 0) is 68.4 Å². The van der Waals surface area contributed by atoms with Crippen LogP contribution in [0.1, 0.15) is 49.9 Å². The van der Waals surface area contributed by atoms with Crippen LogP contribution in [0.5, 0.6) is 5.75 Å². The molecule has 0 amide bonds. The predicted octanol–water partition coefficient (Wildman–Crippen LogP) is 4.84. The number of rotatable bonds is 6. The minimum absolute atomic E-state index is 0.00560. The molecule has 0 spiro atoms. The molecular formula is C23H27N3O2. The van der Waals surface area contributed by atoms with E-state index in [0.29, 0.717) is 17.3 Å². The van der Waals surface area contributed by atoms with Gasteiger partial charge in [-0.25, -0.2) is 9.97 Å². The smallest absolute Gasteiger partial charge is 0.273 e. The average molecular weight is 377 g/mol. The standard InChI is InChI=1S/C23H27N3O2/c1-5-6-20(16-7-8-16)26-22-21(25-15(3)23(26)27)19(11-12-24-22)18-10-9-17(28-4)13-14(18)2/h9-13,16,20H,5-8H2,1-4H3/t20-/m0/s1. The van der Waals surface area contributed by atoms with Gasteiger partial charge in [-0.3, -0.25) is 9.36 Å². The molecule has 0 bridgehead atoms. The molecule has 0 N–H and O–H groups in total. The predicted molar refractivity (Wildman–Crippen MR) is 112 cm³/mol. The summed E-state index contributed by atoms with van der Waals surface area (Å²) in [5.74, 6) is 1.41. The van der Waals surface area contributed by atoms with Crippen LogP contribution in [0.25, 0.3) is 22.3 Å². The zero-order valence-corrected chi connectivity index (χ0v) is 17.0. The highest BCUT2D eigenvalue weighted by molar-refractivity contribution is 5.90. The van der Waals surface area contributed by atoms with Crippen molar-refractivity contribution in [1.29, 1.82) is 0 Å². The lowest BCUT2D eigenvalue weighted by Crippen LogP contribution is -2.30. The number of benzene rings is 1. The number of methoxy groups -OCH3 is 1. The molecule has 4 rings (SSSR count). The molecule has 2 aromatic heterocycles. The van der Waals surface area contributed by atoms with Crippen molar-refractivity contribution < 1.29 is 4.74 Å². The van der Waals surface area contributed by atoms with Gasteiger partial charge in [0.1, 0.15) is 17.0 Å². The van der Waals surface area contributed by atoms with Gasteiger partial charge in [-0.1, -0.05) is 19.4 Å². The molecule has 1 aromatic carbocycles. The Bertz CT molecular complexity index is 1080. The summed E-state index contributed by atoms with van der Waals surface area (Å²) in [6.45, 7) is 6.05. The molecule has 5 nitrogen and oxygen atoms in total. The molecule has 1 aliphatic rings. The summed E-state index contributed by atoms with van der Waals surface area (Å²) in [6, 6.07) is 8.24. The maximum atomic E-state index is 13.1. The van der Waals surface area contributed by atoms with Crippen LogP contribution in [0.4, 0.5) is 0 Å². The number of ether oxygens (including phenoxy) is 1. The Kier molecular flexibility index (Phi) is 4.92. The second-order valence-electron chi connectivity index (χ2n) is 7.78. The van der Waals surface area contributed by atoms with Gasteiger partial charge in [-0.15, -0.1) is 0 Å². The monoisotopic (exact) mass is 377 g/mol. The average Bonchev–Trinajstić information content (AvgIpc) is 3.53. The van der Waals surface area contributed by atoms with E-state index in [1.807, 2.05) is 29.7 Å². The van der Waals surface area contributed by atoms with Gasteiger partial charge in [-0.2, -0.15) is 0 Å². The van der Waals surface area contributed by atoms with E-state index < -0.39 is 0 Å². The van der Waals surface area contributed by atoms with Gasteiger partial charge in [0.05, 0.1) is 7.11 Å². The van der Waals surface area contributed by atoms with Crippen molar-refractivity contribution in [3.8, 4) is 16.9 Å². The number of aromatic nitrogens is 3. The highest BCUT2D eigenvalue weighted by Gasteiger charge is 2.34. The van der Waals surface area contributed by atoms with Crippen LogP contribution >= 0.6 is 0 Å². The SMILES string of the molecule is CCC[C@@H](C1CC1)n1c(=O)c(C)nc2c(-c3ccc(OC)cc3C)ccnc21. The zero-order chi connectivity index (χ0) is 19.8. The van der Waals surface area contributed by atoms with Crippen molar-refractivity contribution in [1.82, 2.24) is 14.5 Å². The highest BCUT2D eigenvalue weighted by atomic mass is 16.5. The van der Waals surface area contributed by atoms with Gasteiger partial charge in [0.2, 0.25) is 0 Å². The van der Waals surface area contributed by atoms with E-state index in [4.69, 9.17) is 9.72 Å². The number of fused-ring (bicyclic) bond motifs is 1. The maximum Gasteiger partial charge on any atom is 0.273 e.